The highest BCUT2D eigenvalue weighted by atomic mass is 127. The third-order valence-corrected chi connectivity index (χ3v) is 4.17. The second-order valence-electron chi connectivity index (χ2n) is 7.28. The molecular formula is C21H34IN5O2. The molecule has 1 N–H and O–H groups in total. The van der Waals surface area contributed by atoms with Crippen LogP contribution in [0.4, 0.5) is 0 Å². The van der Waals surface area contributed by atoms with E-state index in [1.54, 1.807) is 0 Å². The Morgan fingerprint density at radius 1 is 1.24 bits per heavy atom. The maximum absolute atomic E-state index is 5.91. The first-order chi connectivity index (χ1) is 13.4. The number of halogens is 1. The lowest BCUT2D eigenvalue weighted by atomic mass is 10.1. The molecule has 0 bridgehead atoms. The molecule has 0 saturated carbocycles. The van der Waals surface area contributed by atoms with Crippen molar-refractivity contribution in [1.82, 2.24) is 20.4 Å². The van der Waals surface area contributed by atoms with Gasteiger partial charge in [-0.15, -0.1) is 24.0 Å². The van der Waals surface area contributed by atoms with Gasteiger partial charge in [-0.1, -0.05) is 25.1 Å². The summed E-state index contributed by atoms with van der Waals surface area (Å²) >= 11 is 0. The number of benzene rings is 1. The normalized spacial score (nSPS) is 11.3. The number of aliphatic imine (C=N–C) groups is 1. The summed E-state index contributed by atoms with van der Waals surface area (Å²) in [7, 11) is 2.01. The van der Waals surface area contributed by atoms with Gasteiger partial charge in [0.15, 0.2) is 11.8 Å². The number of hydrogen-bond donors (Lipinski definition) is 1. The zero-order valence-electron chi connectivity index (χ0n) is 18.4. The van der Waals surface area contributed by atoms with Gasteiger partial charge < -0.3 is 19.5 Å². The Morgan fingerprint density at radius 3 is 2.52 bits per heavy atom. The van der Waals surface area contributed by atoms with E-state index in [0.29, 0.717) is 25.5 Å². The smallest absolute Gasteiger partial charge is 0.228 e. The van der Waals surface area contributed by atoms with Crippen molar-refractivity contribution in [3.05, 3.63) is 41.0 Å². The molecule has 1 aromatic carbocycles. The average Bonchev–Trinajstić information content (AvgIpc) is 3.09. The lowest BCUT2D eigenvalue weighted by Gasteiger charge is -2.22. The highest BCUT2D eigenvalue weighted by Gasteiger charge is 2.10. The van der Waals surface area contributed by atoms with Crippen molar-refractivity contribution in [1.29, 1.82) is 0 Å². The zero-order chi connectivity index (χ0) is 20.5. The van der Waals surface area contributed by atoms with Gasteiger partial charge in [0, 0.05) is 25.9 Å². The summed E-state index contributed by atoms with van der Waals surface area (Å²) < 4.78 is 11.2. The summed E-state index contributed by atoms with van der Waals surface area (Å²) in [6.07, 6.45) is 0.627. The van der Waals surface area contributed by atoms with Gasteiger partial charge in [0.05, 0.1) is 13.1 Å². The topological polar surface area (TPSA) is 75.8 Å². The van der Waals surface area contributed by atoms with Crippen LogP contribution in [0.1, 0.15) is 49.5 Å². The number of rotatable bonds is 9. The molecule has 0 radical (unpaired) electrons. The standard InChI is InChI=1S/C21H33N5O2.HI/c1-7-22-21(23-9-8-19-24-20(15(2)3)25-28-19)26(6)10-11-27-18-13-16(4)12-17(5)14-18;/h12-15H,7-11H2,1-6H3,(H,22,23);1H. The van der Waals surface area contributed by atoms with Crippen LogP contribution in [0.2, 0.25) is 0 Å². The number of likely N-dealkylation sites (N-methyl/N-ethyl adjacent to an activating group) is 1. The van der Waals surface area contributed by atoms with Crippen LogP contribution in [0.25, 0.3) is 0 Å². The van der Waals surface area contributed by atoms with E-state index in [9.17, 15) is 0 Å². The molecule has 2 rings (SSSR count). The van der Waals surface area contributed by atoms with Crippen molar-refractivity contribution in [3.63, 3.8) is 0 Å². The molecule has 0 unspecified atom stereocenters. The Morgan fingerprint density at radius 2 is 1.93 bits per heavy atom. The molecule has 29 heavy (non-hydrogen) atoms. The van der Waals surface area contributed by atoms with Crippen molar-refractivity contribution in [2.75, 3.05) is 33.3 Å². The highest BCUT2D eigenvalue weighted by Crippen LogP contribution is 2.16. The molecule has 162 valence electrons. The van der Waals surface area contributed by atoms with E-state index in [2.05, 4.69) is 64.3 Å². The van der Waals surface area contributed by atoms with Crippen molar-refractivity contribution < 1.29 is 9.26 Å². The summed E-state index contributed by atoms with van der Waals surface area (Å²) in [5.74, 6) is 3.39. The van der Waals surface area contributed by atoms with Gasteiger partial charge >= 0.3 is 0 Å². The molecule has 0 aliphatic rings. The van der Waals surface area contributed by atoms with Gasteiger partial charge in [-0.2, -0.15) is 4.98 Å². The van der Waals surface area contributed by atoms with Crippen LogP contribution in [0.5, 0.6) is 5.75 Å². The fourth-order valence-corrected chi connectivity index (χ4v) is 2.75. The summed E-state index contributed by atoms with van der Waals surface area (Å²) in [5, 5.41) is 7.30. The quantitative estimate of drug-likeness (QED) is 0.310. The van der Waals surface area contributed by atoms with E-state index in [0.717, 1.165) is 30.6 Å². The maximum atomic E-state index is 5.91. The van der Waals surface area contributed by atoms with Gasteiger partial charge in [-0.25, -0.2) is 0 Å². The number of ether oxygens (including phenoxy) is 1. The predicted molar refractivity (Wildman–Crippen MR) is 128 cm³/mol. The van der Waals surface area contributed by atoms with Crippen LogP contribution in [0.15, 0.2) is 27.7 Å². The second-order valence-corrected chi connectivity index (χ2v) is 7.28. The Labute approximate surface area is 191 Å². The minimum atomic E-state index is 0. The molecule has 0 atom stereocenters. The van der Waals surface area contributed by atoms with Gasteiger partial charge in [0.2, 0.25) is 5.89 Å². The zero-order valence-corrected chi connectivity index (χ0v) is 20.7. The van der Waals surface area contributed by atoms with Crippen LogP contribution in [0, 0.1) is 13.8 Å². The number of nitrogens with zero attached hydrogens (tertiary/aromatic N) is 4. The van der Waals surface area contributed by atoms with E-state index in [1.165, 1.54) is 11.1 Å². The molecule has 0 saturated heterocycles. The fraction of sp³-hybridized carbons (Fsp3) is 0.571. The number of hydrogen-bond acceptors (Lipinski definition) is 5. The molecule has 1 aromatic heterocycles. The van der Waals surface area contributed by atoms with E-state index < -0.39 is 0 Å². The monoisotopic (exact) mass is 515 g/mol. The summed E-state index contributed by atoms with van der Waals surface area (Å²) in [5.41, 5.74) is 2.42. The minimum absolute atomic E-state index is 0. The number of aryl methyl sites for hydroxylation is 2. The highest BCUT2D eigenvalue weighted by molar-refractivity contribution is 14.0. The number of nitrogens with one attached hydrogen (secondary N) is 1. The molecule has 0 fully saturated rings. The Bertz CT molecular complexity index is 756. The van der Waals surface area contributed by atoms with E-state index in [4.69, 9.17) is 9.26 Å². The summed E-state index contributed by atoms with van der Waals surface area (Å²) in [6, 6.07) is 6.26. The lowest BCUT2D eigenvalue weighted by molar-refractivity contribution is 0.281. The first kappa shape index (κ1) is 25.2. The summed E-state index contributed by atoms with van der Waals surface area (Å²) in [6.45, 7) is 13.0. The average molecular weight is 515 g/mol. The lowest BCUT2D eigenvalue weighted by Crippen LogP contribution is -2.41. The third kappa shape index (κ3) is 8.59. The van der Waals surface area contributed by atoms with Crippen molar-refractivity contribution in [2.45, 2.75) is 47.0 Å². The fourth-order valence-electron chi connectivity index (χ4n) is 2.75. The molecule has 8 heteroatoms. The maximum Gasteiger partial charge on any atom is 0.228 e. The van der Waals surface area contributed by atoms with E-state index >= 15 is 0 Å². The third-order valence-electron chi connectivity index (χ3n) is 4.17. The van der Waals surface area contributed by atoms with Gasteiger partial charge in [0.1, 0.15) is 12.4 Å². The van der Waals surface area contributed by atoms with Crippen LogP contribution in [0.3, 0.4) is 0 Å². The largest absolute Gasteiger partial charge is 0.492 e. The number of guanidine groups is 1. The summed E-state index contributed by atoms with van der Waals surface area (Å²) in [4.78, 5) is 11.1. The van der Waals surface area contributed by atoms with Crippen LogP contribution >= 0.6 is 24.0 Å². The van der Waals surface area contributed by atoms with Gasteiger partial charge in [-0.05, 0) is 44.0 Å². The molecule has 0 amide bonds. The van der Waals surface area contributed by atoms with Gasteiger partial charge in [0.25, 0.3) is 0 Å². The molecule has 1 heterocycles. The molecule has 0 spiro atoms. The Hall–Kier alpha value is -1.84. The second kappa shape index (κ2) is 12.7. The SMILES string of the molecule is CCNC(=NCCc1nc(C(C)C)no1)N(C)CCOc1cc(C)cc(C)c1.I. The first-order valence-corrected chi connectivity index (χ1v) is 9.92. The van der Waals surface area contributed by atoms with Crippen molar-refractivity contribution in [2.24, 2.45) is 4.99 Å². The van der Waals surface area contributed by atoms with Crippen molar-refractivity contribution in [3.8, 4) is 5.75 Å². The molecule has 7 nitrogen and oxygen atoms in total. The van der Waals surface area contributed by atoms with Crippen LogP contribution < -0.4 is 10.1 Å². The first-order valence-electron chi connectivity index (χ1n) is 9.92. The van der Waals surface area contributed by atoms with Crippen molar-refractivity contribution >= 4 is 29.9 Å². The molecular weight excluding hydrogens is 481 g/mol. The van der Waals surface area contributed by atoms with Crippen LogP contribution in [-0.4, -0.2) is 54.3 Å². The molecule has 0 aliphatic carbocycles. The Balaban J connectivity index is 0.00000420. The van der Waals surface area contributed by atoms with Gasteiger partial charge in [-0.3, -0.25) is 4.99 Å². The minimum Gasteiger partial charge on any atom is -0.492 e. The van der Waals surface area contributed by atoms with Crippen LogP contribution in [-0.2, 0) is 6.42 Å². The van der Waals surface area contributed by atoms with E-state index in [1.807, 2.05) is 20.9 Å². The van der Waals surface area contributed by atoms with E-state index in [-0.39, 0.29) is 29.9 Å². The predicted octanol–water partition coefficient (Wildman–Crippen LogP) is 3.95. The molecule has 2 aromatic rings. The number of aromatic nitrogens is 2. The Kier molecular flexibility index (Phi) is 11.0. The molecule has 0 aliphatic heterocycles.